The molecule has 0 atom stereocenters. The summed E-state index contributed by atoms with van der Waals surface area (Å²) in [6.07, 6.45) is -2.10. The maximum atomic E-state index is 12.9. The summed E-state index contributed by atoms with van der Waals surface area (Å²) in [5.41, 5.74) is 0. The van der Waals surface area contributed by atoms with Gasteiger partial charge in [0.2, 0.25) is 0 Å². The van der Waals surface area contributed by atoms with Gasteiger partial charge in [0.25, 0.3) is 0 Å². The Morgan fingerprint density at radius 3 is 2.43 bits per heavy atom. The van der Waals surface area contributed by atoms with Crippen molar-refractivity contribution in [2.75, 3.05) is 0 Å². The Balaban J connectivity index is 2.98. The van der Waals surface area contributed by atoms with Crippen molar-refractivity contribution in [3.05, 3.63) is 40.6 Å². The van der Waals surface area contributed by atoms with Crippen LogP contribution in [0, 0.1) is 11.6 Å². The number of rotatable bonds is 2. The highest BCUT2D eigenvalue weighted by Gasteiger charge is 2.08. The van der Waals surface area contributed by atoms with Gasteiger partial charge in [-0.15, -0.1) is 0 Å². The standard InChI is InChI=1S/C8H3BrF4O/c9-4-1-6(11)7(2-5(4)10)14-3-8(12)13/h1-3H. The Kier molecular flexibility index (Phi) is 3.51. The Labute approximate surface area is 85.1 Å². The molecular formula is C8H3BrF4O. The first-order valence-electron chi connectivity index (χ1n) is 3.33. The van der Waals surface area contributed by atoms with Gasteiger partial charge in [0.15, 0.2) is 17.8 Å². The molecule has 0 aliphatic carbocycles. The molecule has 0 amide bonds. The fourth-order valence-corrected chi connectivity index (χ4v) is 1.02. The van der Waals surface area contributed by atoms with E-state index >= 15 is 0 Å². The van der Waals surface area contributed by atoms with Gasteiger partial charge in [-0.1, -0.05) is 0 Å². The summed E-state index contributed by atoms with van der Waals surface area (Å²) >= 11 is 2.73. The van der Waals surface area contributed by atoms with E-state index in [1.54, 1.807) is 0 Å². The second-order valence-electron chi connectivity index (χ2n) is 2.22. The first-order valence-corrected chi connectivity index (χ1v) is 4.12. The molecule has 0 bridgehead atoms. The van der Waals surface area contributed by atoms with Crippen LogP contribution in [0.2, 0.25) is 0 Å². The smallest absolute Gasteiger partial charge is 0.305 e. The van der Waals surface area contributed by atoms with Crippen molar-refractivity contribution in [2.45, 2.75) is 0 Å². The minimum atomic E-state index is -2.13. The molecule has 0 heterocycles. The summed E-state index contributed by atoms with van der Waals surface area (Å²) in [6, 6.07) is 1.45. The molecule has 0 unspecified atom stereocenters. The lowest BCUT2D eigenvalue weighted by Crippen LogP contribution is -1.90. The summed E-state index contributed by atoms with van der Waals surface area (Å²) in [5.74, 6) is -2.33. The van der Waals surface area contributed by atoms with E-state index in [1.165, 1.54) is 0 Å². The fourth-order valence-electron chi connectivity index (χ4n) is 0.703. The summed E-state index contributed by atoms with van der Waals surface area (Å²) in [4.78, 5) is 0. The SMILES string of the molecule is FC(F)=COc1cc(F)c(Br)cc1F. The van der Waals surface area contributed by atoms with Crippen LogP contribution in [-0.2, 0) is 0 Å². The first kappa shape index (κ1) is 11.0. The van der Waals surface area contributed by atoms with Crippen molar-refractivity contribution in [3.8, 4) is 5.75 Å². The van der Waals surface area contributed by atoms with Gasteiger partial charge in [-0.2, -0.15) is 8.78 Å². The highest BCUT2D eigenvalue weighted by molar-refractivity contribution is 9.10. The summed E-state index contributed by atoms with van der Waals surface area (Å²) in [7, 11) is 0. The molecular weight excluding hydrogens is 268 g/mol. The number of ether oxygens (including phenoxy) is 1. The molecule has 1 aromatic rings. The predicted octanol–water partition coefficient (Wildman–Crippen LogP) is 3.84. The number of halogens is 5. The maximum absolute atomic E-state index is 12.9. The van der Waals surface area contributed by atoms with Crippen LogP contribution >= 0.6 is 15.9 Å². The molecule has 6 heteroatoms. The zero-order valence-electron chi connectivity index (χ0n) is 6.53. The minimum Gasteiger partial charge on any atom is -0.456 e. The molecule has 0 radical (unpaired) electrons. The lowest BCUT2D eigenvalue weighted by Gasteiger charge is -2.02. The molecule has 1 nitrogen and oxygen atoms in total. The van der Waals surface area contributed by atoms with Crippen LogP contribution < -0.4 is 4.74 Å². The highest BCUT2D eigenvalue weighted by Crippen LogP contribution is 2.25. The molecule has 0 saturated heterocycles. The number of hydrogen-bond donors (Lipinski definition) is 0. The van der Waals surface area contributed by atoms with Crippen LogP contribution in [0.25, 0.3) is 0 Å². The van der Waals surface area contributed by atoms with E-state index in [0.717, 1.165) is 6.07 Å². The Morgan fingerprint density at radius 1 is 1.21 bits per heavy atom. The molecule has 1 rings (SSSR count). The zero-order valence-corrected chi connectivity index (χ0v) is 8.12. The highest BCUT2D eigenvalue weighted by atomic mass is 79.9. The van der Waals surface area contributed by atoms with Crippen LogP contribution in [0.4, 0.5) is 17.6 Å². The van der Waals surface area contributed by atoms with Crippen LogP contribution in [0.15, 0.2) is 28.9 Å². The van der Waals surface area contributed by atoms with Crippen LogP contribution in [0.5, 0.6) is 5.75 Å². The van der Waals surface area contributed by atoms with E-state index in [1.807, 2.05) is 0 Å². The average molecular weight is 271 g/mol. The second-order valence-corrected chi connectivity index (χ2v) is 3.08. The number of hydrogen-bond acceptors (Lipinski definition) is 1. The molecule has 1 aromatic carbocycles. The quantitative estimate of drug-likeness (QED) is 0.451. The largest absolute Gasteiger partial charge is 0.456 e. The third-order valence-electron chi connectivity index (χ3n) is 1.25. The van der Waals surface area contributed by atoms with Gasteiger partial charge in [0.05, 0.1) is 4.47 Å². The average Bonchev–Trinajstić information content (AvgIpc) is 2.09. The molecule has 76 valence electrons. The lowest BCUT2D eigenvalue weighted by atomic mass is 10.3. The predicted molar refractivity (Wildman–Crippen MR) is 45.0 cm³/mol. The van der Waals surface area contributed by atoms with E-state index in [9.17, 15) is 17.6 Å². The summed E-state index contributed by atoms with van der Waals surface area (Å²) < 4.78 is 52.8. The van der Waals surface area contributed by atoms with E-state index in [2.05, 4.69) is 20.7 Å². The van der Waals surface area contributed by atoms with Crippen LogP contribution in [0.3, 0.4) is 0 Å². The molecule has 0 saturated carbocycles. The van der Waals surface area contributed by atoms with Crippen molar-refractivity contribution in [3.63, 3.8) is 0 Å². The van der Waals surface area contributed by atoms with E-state index < -0.39 is 23.5 Å². The van der Waals surface area contributed by atoms with Gasteiger partial charge >= 0.3 is 6.08 Å². The Morgan fingerprint density at radius 2 is 1.86 bits per heavy atom. The topological polar surface area (TPSA) is 9.23 Å². The summed E-state index contributed by atoms with van der Waals surface area (Å²) in [6.45, 7) is 0. The third kappa shape index (κ3) is 2.73. The molecule has 0 spiro atoms. The van der Waals surface area contributed by atoms with Crippen molar-refractivity contribution >= 4 is 15.9 Å². The van der Waals surface area contributed by atoms with Gasteiger partial charge in [0.1, 0.15) is 5.82 Å². The zero-order chi connectivity index (χ0) is 10.7. The first-order chi connectivity index (χ1) is 6.50. The number of benzene rings is 1. The van der Waals surface area contributed by atoms with Gasteiger partial charge in [-0.3, -0.25) is 0 Å². The normalized spacial score (nSPS) is 9.79. The molecule has 14 heavy (non-hydrogen) atoms. The van der Waals surface area contributed by atoms with E-state index in [4.69, 9.17) is 0 Å². The monoisotopic (exact) mass is 270 g/mol. The minimum absolute atomic E-state index is 0.0335. The van der Waals surface area contributed by atoms with Gasteiger partial charge in [0, 0.05) is 6.07 Å². The Bertz CT molecular complexity index is 374. The van der Waals surface area contributed by atoms with Crippen LogP contribution in [0.1, 0.15) is 0 Å². The van der Waals surface area contributed by atoms with Crippen molar-refractivity contribution in [2.24, 2.45) is 0 Å². The van der Waals surface area contributed by atoms with Gasteiger partial charge in [-0.05, 0) is 22.0 Å². The molecule has 0 aliphatic rings. The van der Waals surface area contributed by atoms with Gasteiger partial charge in [-0.25, -0.2) is 8.78 Å². The maximum Gasteiger partial charge on any atom is 0.305 e. The van der Waals surface area contributed by atoms with Crippen molar-refractivity contribution < 1.29 is 22.3 Å². The fraction of sp³-hybridized carbons (Fsp3) is 0. The van der Waals surface area contributed by atoms with Crippen molar-refractivity contribution in [1.29, 1.82) is 0 Å². The Hall–Kier alpha value is -1.04. The van der Waals surface area contributed by atoms with Crippen molar-refractivity contribution in [1.82, 2.24) is 0 Å². The second kappa shape index (κ2) is 4.45. The molecule has 0 aliphatic heterocycles. The third-order valence-corrected chi connectivity index (χ3v) is 1.86. The summed E-state index contributed by atoms with van der Waals surface area (Å²) in [5, 5.41) is 0. The van der Waals surface area contributed by atoms with Gasteiger partial charge < -0.3 is 4.74 Å². The molecule has 0 aromatic heterocycles. The lowest BCUT2D eigenvalue weighted by molar-refractivity contribution is 0.354. The molecule has 0 fully saturated rings. The van der Waals surface area contributed by atoms with Crippen LogP contribution in [-0.4, -0.2) is 0 Å². The van der Waals surface area contributed by atoms with E-state index in [0.29, 0.717) is 6.07 Å². The van der Waals surface area contributed by atoms with E-state index in [-0.39, 0.29) is 10.7 Å². The molecule has 0 N–H and O–H groups in total.